The van der Waals surface area contributed by atoms with Gasteiger partial charge in [0.25, 0.3) is 10.0 Å². The fraction of sp³-hybridized carbons (Fsp3) is 0.825. The third kappa shape index (κ3) is 9.52. The first-order valence-electron chi connectivity index (χ1n) is 20.0. The average molecular weight is 818 g/mol. The molecule has 0 aromatic heterocycles. The lowest BCUT2D eigenvalue weighted by atomic mass is 9.49. The molecule has 0 saturated heterocycles. The third-order valence-corrected chi connectivity index (χ3v) is 25.5. The van der Waals surface area contributed by atoms with Crippen LogP contribution in [0.15, 0.2) is 29.2 Å². The lowest BCUT2D eigenvalue weighted by Crippen LogP contribution is -2.58. The highest BCUT2D eigenvalue weighted by atomic mass is 32.2. The summed E-state index contributed by atoms with van der Waals surface area (Å²) in [4.78, 5) is 15.2. The van der Waals surface area contributed by atoms with Crippen LogP contribution >= 0.6 is 0 Å². The first-order valence-corrected chi connectivity index (χ1v) is 27.3. The fourth-order valence-corrected chi connectivity index (χ4v) is 13.0. The zero-order valence-corrected chi connectivity index (χ0v) is 38.0. The minimum Gasteiger partial charge on any atom is -0.417 e. The molecule has 1 unspecified atom stereocenters. The molecule has 1 aromatic rings. The summed E-state index contributed by atoms with van der Waals surface area (Å²) in [5.41, 5.74) is 3.11. The van der Waals surface area contributed by atoms with Gasteiger partial charge in [0.15, 0.2) is 16.6 Å². The van der Waals surface area contributed by atoms with Crippen LogP contribution in [0, 0.1) is 41.4 Å². The topological polar surface area (TPSA) is 106 Å². The number of hydrogen-bond donors (Lipinski definition) is 3. The molecule has 14 heteroatoms. The zero-order valence-electron chi connectivity index (χ0n) is 35.2. The molecule has 310 valence electrons. The van der Waals surface area contributed by atoms with Gasteiger partial charge in [-0.05, 0) is 134 Å². The van der Waals surface area contributed by atoms with E-state index in [1.54, 1.807) is 31.2 Å². The van der Waals surface area contributed by atoms with Crippen molar-refractivity contribution in [1.29, 1.82) is 0 Å². The van der Waals surface area contributed by atoms with Crippen LogP contribution in [0.25, 0.3) is 0 Å². The molecule has 0 heterocycles. The highest BCUT2D eigenvalue weighted by molar-refractivity contribution is 7.89. The van der Waals surface area contributed by atoms with Crippen molar-refractivity contribution in [1.82, 2.24) is 15.6 Å². The molecule has 1 amide bonds. The van der Waals surface area contributed by atoms with Crippen molar-refractivity contribution in [2.24, 2.45) is 34.5 Å². The van der Waals surface area contributed by atoms with Gasteiger partial charge in [0.05, 0.1) is 4.90 Å². The minimum atomic E-state index is -4.98. The molecular formula is C40H70F3N3O5SSi2. The molecule has 3 aliphatic rings. The number of rotatable bonds is 12. The molecular weight excluding hydrogens is 748 g/mol. The summed E-state index contributed by atoms with van der Waals surface area (Å²) in [6.45, 7) is 29.2. The van der Waals surface area contributed by atoms with E-state index in [-0.39, 0.29) is 62.7 Å². The Morgan fingerprint density at radius 1 is 0.870 bits per heavy atom. The van der Waals surface area contributed by atoms with Gasteiger partial charge in [-0.3, -0.25) is 4.79 Å². The van der Waals surface area contributed by atoms with E-state index in [0.717, 1.165) is 32.1 Å². The smallest absolute Gasteiger partial charge is 0.417 e. The summed E-state index contributed by atoms with van der Waals surface area (Å²) < 4.78 is 81.7. The van der Waals surface area contributed by atoms with Crippen molar-refractivity contribution in [3.8, 4) is 0 Å². The van der Waals surface area contributed by atoms with Crippen LogP contribution in [0.3, 0.4) is 0 Å². The number of sulfonamides is 1. The van der Waals surface area contributed by atoms with E-state index in [1.165, 1.54) is 0 Å². The first kappa shape index (κ1) is 45.4. The van der Waals surface area contributed by atoms with Crippen LogP contribution in [0.2, 0.25) is 36.3 Å². The van der Waals surface area contributed by atoms with Crippen LogP contribution in [0.5, 0.6) is 0 Å². The maximum atomic E-state index is 13.6. The lowest BCUT2D eigenvalue weighted by Gasteiger charge is -2.58. The Morgan fingerprint density at radius 2 is 1.44 bits per heavy atom. The predicted octanol–water partition coefficient (Wildman–Crippen LogP) is 9.49. The molecule has 0 spiro atoms. The summed E-state index contributed by atoms with van der Waals surface area (Å²) in [5, 5.41) is 2.38. The van der Waals surface area contributed by atoms with Crippen LogP contribution in [-0.4, -0.2) is 62.4 Å². The maximum Gasteiger partial charge on any atom is 0.471 e. The molecule has 8 nitrogen and oxygen atoms in total. The number of hydrazine groups is 1. The Kier molecular flexibility index (Phi) is 13.3. The molecule has 3 saturated carbocycles. The molecule has 3 fully saturated rings. The highest BCUT2D eigenvalue weighted by Gasteiger charge is 2.59. The van der Waals surface area contributed by atoms with Crippen molar-refractivity contribution in [2.45, 2.75) is 167 Å². The average Bonchev–Trinajstić information content (AvgIpc) is 3.37. The summed E-state index contributed by atoms with van der Waals surface area (Å²) in [5.74, 6) is -2.06. The second-order valence-corrected chi connectivity index (χ2v) is 31.5. The monoisotopic (exact) mass is 817 g/mol. The number of benzene rings is 1. The molecule has 1 aromatic carbocycles. The highest BCUT2D eigenvalue weighted by Crippen LogP contribution is 2.62. The number of nitrogens with one attached hydrogen (secondary N) is 3. The van der Waals surface area contributed by atoms with E-state index in [1.807, 2.05) is 0 Å². The predicted molar refractivity (Wildman–Crippen MR) is 215 cm³/mol. The number of aryl methyl sites for hydroxylation is 1. The van der Waals surface area contributed by atoms with Crippen molar-refractivity contribution >= 4 is 32.6 Å². The lowest BCUT2D eigenvalue weighted by molar-refractivity contribution is -0.174. The van der Waals surface area contributed by atoms with Crippen LogP contribution in [0.4, 0.5) is 13.2 Å². The Labute approximate surface area is 326 Å². The van der Waals surface area contributed by atoms with E-state index in [0.29, 0.717) is 25.0 Å². The molecule has 0 aliphatic heterocycles. The summed E-state index contributed by atoms with van der Waals surface area (Å²) in [6, 6.07) is 6.57. The molecule has 8 atom stereocenters. The zero-order chi connectivity index (χ0) is 40.9. The number of halogens is 3. The molecule has 3 aliphatic carbocycles. The van der Waals surface area contributed by atoms with E-state index < -0.39 is 44.2 Å². The SMILES string of the molecule is Cc1ccccc1S(=O)(=O)NNC1CC[C@H]2[C@H](CNC(=O)C(F)(F)F)[C@@H]([C@@]3(C)CC[C@H](O[Si](C)(C)C(C)(C)C)C[C@@H]3CO[Si](C)(C)C(C)(C)C)CC[C@]12C. The van der Waals surface area contributed by atoms with Gasteiger partial charge in [0, 0.05) is 25.3 Å². The number of carbonyl (C=O) groups excluding carboxylic acids is 1. The van der Waals surface area contributed by atoms with Gasteiger partial charge in [-0.2, -0.15) is 13.2 Å². The van der Waals surface area contributed by atoms with E-state index in [9.17, 15) is 26.4 Å². The Morgan fingerprint density at radius 3 is 2.02 bits per heavy atom. The van der Waals surface area contributed by atoms with Crippen molar-refractivity contribution < 1.29 is 35.2 Å². The quantitative estimate of drug-likeness (QED) is 0.143. The number of hydrogen-bond acceptors (Lipinski definition) is 6. The standard InChI is InChI=1S/C40H70F3N3O5SSi2/c1-27-16-14-15-17-33(27)52(48,49)46-45-34-19-18-31-30(25-44-35(47)40(41,42)43)32(21-23-39(31,34)9)38(8)22-20-29(51-54(12,13)37(5,6)7)24-28(38)26-50-53(10,11)36(2,3)4/h14-17,28-32,34,45-46H,18-26H2,1-13H3,(H,44,47)/t28-,29+,30+,31+,32+,34?,38+,39+/m1/s1. The normalized spacial score (nSPS) is 31.6. The molecule has 3 N–H and O–H groups in total. The fourth-order valence-electron chi connectivity index (χ4n) is 9.35. The van der Waals surface area contributed by atoms with Gasteiger partial charge in [-0.15, -0.1) is 4.83 Å². The largest absolute Gasteiger partial charge is 0.471 e. The van der Waals surface area contributed by atoms with Crippen molar-refractivity contribution in [3.63, 3.8) is 0 Å². The van der Waals surface area contributed by atoms with E-state index in [2.05, 4.69) is 97.2 Å². The number of fused-ring (bicyclic) bond motifs is 1. The number of amides is 1. The van der Waals surface area contributed by atoms with Gasteiger partial charge in [0.1, 0.15) is 0 Å². The van der Waals surface area contributed by atoms with Crippen molar-refractivity contribution in [3.05, 3.63) is 29.8 Å². The van der Waals surface area contributed by atoms with Crippen molar-refractivity contribution in [2.75, 3.05) is 13.2 Å². The summed E-state index contributed by atoms with van der Waals surface area (Å²) in [6.07, 6.45) is 0.538. The Bertz CT molecular complexity index is 1600. The van der Waals surface area contributed by atoms with Gasteiger partial charge in [-0.1, -0.05) is 73.6 Å². The van der Waals surface area contributed by atoms with Crippen LogP contribution in [-0.2, 0) is 23.7 Å². The maximum absolute atomic E-state index is 13.6. The summed E-state index contributed by atoms with van der Waals surface area (Å²) >= 11 is 0. The second-order valence-electron chi connectivity index (χ2n) is 20.3. The summed E-state index contributed by atoms with van der Waals surface area (Å²) in [7, 11) is -8.08. The van der Waals surface area contributed by atoms with Crippen LogP contribution < -0.4 is 15.6 Å². The van der Waals surface area contributed by atoms with E-state index in [4.69, 9.17) is 8.85 Å². The number of alkyl halides is 3. The number of carbonyl (C=O) groups is 1. The molecule has 54 heavy (non-hydrogen) atoms. The van der Waals surface area contributed by atoms with Gasteiger partial charge < -0.3 is 14.2 Å². The van der Waals surface area contributed by atoms with Gasteiger partial charge >= 0.3 is 12.1 Å². The van der Waals surface area contributed by atoms with Gasteiger partial charge in [0.2, 0.25) is 0 Å². The minimum absolute atomic E-state index is 0.0127. The Balaban J connectivity index is 1.67. The molecule has 4 rings (SSSR count). The Hall–Kier alpha value is -1.30. The van der Waals surface area contributed by atoms with E-state index >= 15 is 0 Å². The van der Waals surface area contributed by atoms with Gasteiger partial charge in [-0.25, -0.2) is 13.8 Å². The third-order valence-electron chi connectivity index (χ3n) is 15.0. The second kappa shape index (κ2) is 15.8. The van der Waals surface area contributed by atoms with Crippen LogP contribution in [0.1, 0.15) is 106 Å². The molecule has 0 bridgehead atoms. The molecule has 0 radical (unpaired) electrons. The first-order chi connectivity index (χ1) is 24.5.